The second-order valence-corrected chi connectivity index (χ2v) is 2.69. The summed E-state index contributed by atoms with van der Waals surface area (Å²) in [7, 11) is 0. The van der Waals surface area contributed by atoms with Crippen LogP contribution >= 0.6 is 0 Å². The van der Waals surface area contributed by atoms with Gasteiger partial charge in [-0.15, -0.1) is 6.58 Å². The van der Waals surface area contributed by atoms with Gasteiger partial charge < -0.3 is 9.52 Å². The zero-order valence-corrected chi connectivity index (χ0v) is 6.58. The van der Waals surface area contributed by atoms with Crippen LogP contribution in [0.15, 0.2) is 35.0 Å². The van der Waals surface area contributed by atoms with Gasteiger partial charge in [-0.25, -0.2) is 0 Å². The molecule has 0 aliphatic heterocycles. The van der Waals surface area contributed by atoms with Gasteiger partial charge in [0.2, 0.25) is 0 Å². The highest BCUT2D eigenvalue weighted by molar-refractivity contribution is 5.05. The van der Waals surface area contributed by atoms with E-state index in [1.54, 1.807) is 18.4 Å². The van der Waals surface area contributed by atoms with Crippen molar-refractivity contribution in [2.45, 2.75) is 19.4 Å². The molecule has 0 amide bonds. The molecule has 0 aromatic carbocycles. The van der Waals surface area contributed by atoms with E-state index in [9.17, 15) is 5.11 Å². The molecule has 1 N–H and O–H groups in total. The molecule has 2 heteroatoms. The maximum Gasteiger partial charge on any atom is 0.132 e. The van der Waals surface area contributed by atoms with Crippen LogP contribution in [-0.4, -0.2) is 5.11 Å². The molecule has 0 aliphatic rings. The molecule has 0 saturated carbocycles. The molecule has 11 heavy (non-hydrogen) atoms. The van der Waals surface area contributed by atoms with Gasteiger partial charge >= 0.3 is 0 Å². The van der Waals surface area contributed by atoms with E-state index in [1.165, 1.54) is 0 Å². The van der Waals surface area contributed by atoms with E-state index >= 15 is 0 Å². The molecule has 0 bridgehead atoms. The fourth-order valence-corrected chi connectivity index (χ4v) is 0.912. The molecule has 0 spiro atoms. The minimum absolute atomic E-state index is 0.539. The Morgan fingerprint density at radius 2 is 2.55 bits per heavy atom. The van der Waals surface area contributed by atoms with Gasteiger partial charge in [-0.2, -0.15) is 0 Å². The minimum Gasteiger partial charge on any atom is -0.467 e. The van der Waals surface area contributed by atoms with Gasteiger partial charge in [0.15, 0.2) is 0 Å². The van der Waals surface area contributed by atoms with Crippen molar-refractivity contribution in [3.05, 3.63) is 36.3 Å². The zero-order valence-electron chi connectivity index (χ0n) is 6.58. The molecule has 0 fully saturated rings. The molecule has 1 heterocycles. The van der Waals surface area contributed by atoms with Crippen LogP contribution in [0.4, 0.5) is 0 Å². The van der Waals surface area contributed by atoms with E-state index in [0.29, 0.717) is 12.2 Å². The standard InChI is InChI=1S/C9H12O2/c1-7(2)6-8(10)9-4-3-5-11-9/h3-5,8,10H,1,6H2,2H3/t8-/m1/s1. The van der Waals surface area contributed by atoms with Crippen molar-refractivity contribution in [1.29, 1.82) is 0 Å². The molecular formula is C9H12O2. The van der Waals surface area contributed by atoms with Gasteiger partial charge in [0.25, 0.3) is 0 Å². The summed E-state index contributed by atoms with van der Waals surface area (Å²) in [5, 5.41) is 9.43. The molecule has 0 aliphatic carbocycles. The third-order valence-electron chi connectivity index (χ3n) is 1.41. The SMILES string of the molecule is C=C(C)C[C@@H](O)c1ccco1. The van der Waals surface area contributed by atoms with Gasteiger partial charge in [-0.1, -0.05) is 5.57 Å². The smallest absolute Gasteiger partial charge is 0.132 e. The number of hydrogen-bond acceptors (Lipinski definition) is 2. The molecule has 1 aromatic rings. The van der Waals surface area contributed by atoms with E-state index in [0.717, 1.165) is 5.57 Å². The van der Waals surface area contributed by atoms with Crippen LogP contribution in [0.5, 0.6) is 0 Å². The van der Waals surface area contributed by atoms with Crippen LogP contribution in [0.1, 0.15) is 25.2 Å². The quantitative estimate of drug-likeness (QED) is 0.674. The molecule has 1 atom stereocenters. The molecule has 1 rings (SSSR count). The monoisotopic (exact) mass is 152 g/mol. The van der Waals surface area contributed by atoms with Crippen LogP contribution in [0.2, 0.25) is 0 Å². The summed E-state index contributed by atoms with van der Waals surface area (Å²) in [4.78, 5) is 0. The summed E-state index contributed by atoms with van der Waals surface area (Å²) in [6.45, 7) is 5.58. The van der Waals surface area contributed by atoms with Crippen molar-refractivity contribution in [2.75, 3.05) is 0 Å². The van der Waals surface area contributed by atoms with Gasteiger partial charge in [-0.05, 0) is 19.1 Å². The van der Waals surface area contributed by atoms with Crippen molar-refractivity contribution in [3.63, 3.8) is 0 Å². The molecule has 0 radical (unpaired) electrons. The second-order valence-electron chi connectivity index (χ2n) is 2.69. The number of hydrogen-bond donors (Lipinski definition) is 1. The predicted molar refractivity (Wildman–Crippen MR) is 43.1 cm³/mol. The highest BCUT2D eigenvalue weighted by atomic mass is 16.4. The number of aliphatic hydroxyl groups excluding tert-OH is 1. The minimum atomic E-state index is -0.539. The Balaban J connectivity index is 2.56. The lowest BCUT2D eigenvalue weighted by Gasteiger charge is -2.05. The van der Waals surface area contributed by atoms with Crippen LogP contribution in [-0.2, 0) is 0 Å². The predicted octanol–water partition coefficient (Wildman–Crippen LogP) is 2.28. The summed E-state index contributed by atoms with van der Waals surface area (Å²) < 4.78 is 5.01. The molecule has 2 nitrogen and oxygen atoms in total. The molecule has 60 valence electrons. The fourth-order valence-electron chi connectivity index (χ4n) is 0.912. The third-order valence-corrected chi connectivity index (χ3v) is 1.41. The first-order chi connectivity index (χ1) is 5.20. The molecular weight excluding hydrogens is 140 g/mol. The summed E-state index contributed by atoms with van der Waals surface area (Å²) in [5.41, 5.74) is 0.953. The van der Waals surface area contributed by atoms with E-state index < -0.39 is 6.10 Å². The second kappa shape index (κ2) is 3.39. The van der Waals surface area contributed by atoms with Crippen LogP contribution in [0.3, 0.4) is 0 Å². The van der Waals surface area contributed by atoms with Gasteiger partial charge in [-0.3, -0.25) is 0 Å². The van der Waals surface area contributed by atoms with E-state index in [1.807, 2.05) is 6.92 Å². The van der Waals surface area contributed by atoms with Gasteiger partial charge in [0, 0.05) is 6.42 Å². The van der Waals surface area contributed by atoms with Crippen LogP contribution < -0.4 is 0 Å². The lowest BCUT2D eigenvalue weighted by atomic mass is 10.1. The highest BCUT2D eigenvalue weighted by Crippen LogP contribution is 2.19. The molecule has 0 saturated heterocycles. The normalized spacial score (nSPS) is 12.9. The van der Waals surface area contributed by atoms with Crippen LogP contribution in [0, 0.1) is 0 Å². The Hall–Kier alpha value is -1.02. The van der Waals surface area contributed by atoms with E-state index in [2.05, 4.69) is 6.58 Å². The van der Waals surface area contributed by atoms with Crippen molar-refractivity contribution >= 4 is 0 Å². The topological polar surface area (TPSA) is 33.4 Å². The molecule has 0 unspecified atom stereocenters. The first-order valence-corrected chi connectivity index (χ1v) is 3.56. The Kier molecular flexibility index (Phi) is 2.49. The van der Waals surface area contributed by atoms with Gasteiger partial charge in [0.05, 0.1) is 6.26 Å². The first kappa shape index (κ1) is 8.08. The maximum atomic E-state index is 9.43. The largest absolute Gasteiger partial charge is 0.467 e. The Morgan fingerprint density at radius 1 is 1.82 bits per heavy atom. The first-order valence-electron chi connectivity index (χ1n) is 3.56. The summed E-state index contributed by atoms with van der Waals surface area (Å²) in [6.07, 6.45) is 1.58. The lowest BCUT2D eigenvalue weighted by Crippen LogP contribution is -1.94. The van der Waals surface area contributed by atoms with Crippen LogP contribution in [0.25, 0.3) is 0 Å². The summed E-state index contributed by atoms with van der Waals surface area (Å²) in [5.74, 6) is 0.605. The Bertz CT molecular complexity index is 224. The third kappa shape index (κ3) is 2.24. The van der Waals surface area contributed by atoms with E-state index in [4.69, 9.17) is 4.42 Å². The summed E-state index contributed by atoms with van der Waals surface area (Å²) in [6, 6.07) is 3.52. The lowest BCUT2D eigenvalue weighted by molar-refractivity contribution is 0.150. The zero-order chi connectivity index (χ0) is 8.27. The highest BCUT2D eigenvalue weighted by Gasteiger charge is 2.09. The van der Waals surface area contributed by atoms with Crippen molar-refractivity contribution in [3.8, 4) is 0 Å². The average Bonchev–Trinajstić information content (AvgIpc) is 2.35. The van der Waals surface area contributed by atoms with Crippen molar-refractivity contribution in [2.24, 2.45) is 0 Å². The average molecular weight is 152 g/mol. The Labute approximate surface area is 66.2 Å². The van der Waals surface area contributed by atoms with E-state index in [-0.39, 0.29) is 0 Å². The molecule has 1 aromatic heterocycles. The van der Waals surface area contributed by atoms with Gasteiger partial charge in [0.1, 0.15) is 11.9 Å². The number of rotatable bonds is 3. The number of furan rings is 1. The Morgan fingerprint density at radius 3 is 3.00 bits per heavy atom. The van der Waals surface area contributed by atoms with Crippen molar-refractivity contribution in [1.82, 2.24) is 0 Å². The fraction of sp³-hybridized carbons (Fsp3) is 0.333. The van der Waals surface area contributed by atoms with Crippen molar-refractivity contribution < 1.29 is 9.52 Å². The number of aliphatic hydroxyl groups is 1. The maximum absolute atomic E-state index is 9.43. The summed E-state index contributed by atoms with van der Waals surface area (Å²) >= 11 is 0.